The van der Waals surface area contributed by atoms with E-state index in [1.54, 1.807) is 6.92 Å². The topological polar surface area (TPSA) is 96.2 Å². The third kappa shape index (κ3) is 5.86. The Morgan fingerprint density at radius 1 is 1.31 bits per heavy atom. The van der Waals surface area contributed by atoms with Crippen LogP contribution in [0.4, 0.5) is 0 Å². The van der Waals surface area contributed by atoms with Crippen molar-refractivity contribution >= 4 is 18.1 Å². The summed E-state index contributed by atoms with van der Waals surface area (Å²) in [6.45, 7) is 1.91. The molecule has 0 bridgehead atoms. The number of rotatable bonds is 8. The summed E-state index contributed by atoms with van der Waals surface area (Å²) in [7, 11) is 0. The summed E-state index contributed by atoms with van der Waals surface area (Å²) in [5.41, 5.74) is 0. The molecule has 0 radical (unpaired) electrons. The fourth-order valence-corrected chi connectivity index (χ4v) is 1.34. The molecular weight excluding hydrogens is 212 g/mol. The highest BCUT2D eigenvalue weighted by Crippen LogP contribution is 2.15. The first-order chi connectivity index (χ1) is 7.63. The van der Waals surface area contributed by atoms with Gasteiger partial charge in [-0.1, -0.05) is 6.42 Å². The standard InChI is InChI=1S/C10H14N2O4/c1-8(12-7-14)9(10(15)16)4-2-3-5-11-6-13/h8-9H,2-5H2,1H3,(H,15,16). The number of carbonyl (C=O) groups excluding carboxylic acids is 2. The monoisotopic (exact) mass is 226 g/mol. The average molecular weight is 226 g/mol. The lowest BCUT2D eigenvalue weighted by Gasteiger charge is -2.14. The molecule has 6 nitrogen and oxygen atoms in total. The van der Waals surface area contributed by atoms with Gasteiger partial charge in [0, 0.05) is 0 Å². The molecule has 0 aliphatic carbocycles. The number of carboxylic acids is 1. The number of isocyanates is 2. The van der Waals surface area contributed by atoms with Crippen LogP contribution in [0.25, 0.3) is 0 Å². The Morgan fingerprint density at radius 3 is 2.50 bits per heavy atom. The van der Waals surface area contributed by atoms with Crippen molar-refractivity contribution in [2.45, 2.75) is 32.2 Å². The van der Waals surface area contributed by atoms with Gasteiger partial charge in [0.1, 0.15) is 0 Å². The predicted molar refractivity (Wildman–Crippen MR) is 55.5 cm³/mol. The first-order valence-electron chi connectivity index (χ1n) is 4.97. The summed E-state index contributed by atoms with van der Waals surface area (Å²) in [4.78, 5) is 37.4. The fraction of sp³-hybridized carbons (Fsp3) is 0.700. The number of hydrogen-bond acceptors (Lipinski definition) is 5. The smallest absolute Gasteiger partial charge is 0.308 e. The number of hydrogen-bond donors (Lipinski definition) is 1. The summed E-state index contributed by atoms with van der Waals surface area (Å²) in [6, 6.07) is -0.579. The van der Waals surface area contributed by atoms with Gasteiger partial charge in [0.2, 0.25) is 12.2 Å². The molecule has 2 unspecified atom stereocenters. The van der Waals surface area contributed by atoms with Crippen molar-refractivity contribution in [1.82, 2.24) is 0 Å². The molecule has 0 saturated heterocycles. The van der Waals surface area contributed by atoms with Gasteiger partial charge in [0.15, 0.2) is 0 Å². The highest BCUT2D eigenvalue weighted by Gasteiger charge is 2.23. The van der Waals surface area contributed by atoms with Crippen LogP contribution >= 0.6 is 0 Å². The number of carbonyl (C=O) groups is 1. The van der Waals surface area contributed by atoms with Crippen molar-refractivity contribution in [2.24, 2.45) is 15.9 Å². The first kappa shape index (κ1) is 14.2. The van der Waals surface area contributed by atoms with Crippen LogP contribution in [0.1, 0.15) is 26.2 Å². The molecule has 0 fully saturated rings. The van der Waals surface area contributed by atoms with Crippen molar-refractivity contribution < 1.29 is 19.5 Å². The largest absolute Gasteiger partial charge is 0.481 e. The first-order valence-corrected chi connectivity index (χ1v) is 4.97. The minimum atomic E-state index is -0.981. The summed E-state index contributed by atoms with van der Waals surface area (Å²) in [5.74, 6) is -1.67. The minimum absolute atomic E-state index is 0.348. The maximum atomic E-state index is 10.9. The van der Waals surface area contributed by atoms with Gasteiger partial charge in [-0.15, -0.1) is 0 Å². The normalized spacial score (nSPS) is 13.1. The predicted octanol–water partition coefficient (Wildman–Crippen LogP) is 0.918. The average Bonchev–Trinajstić information content (AvgIpc) is 2.23. The Balaban J connectivity index is 4.09. The lowest BCUT2D eigenvalue weighted by Crippen LogP contribution is -2.24. The van der Waals surface area contributed by atoms with Gasteiger partial charge in [0.25, 0.3) is 0 Å². The Labute approximate surface area is 93.1 Å². The molecule has 0 heterocycles. The summed E-state index contributed by atoms with van der Waals surface area (Å²) >= 11 is 0. The Bertz CT molecular complexity index is 317. The van der Waals surface area contributed by atoms with Crippen molar-refractivity contribution in [3.8, 4) is 0 Å². The second-order valence-corrected chi connectivity index (χ2v) is 3.37. The van der Waals surface area contributed by atoms with Gasteiger partial charge in [-0.2, -0.15) is 0 Å². The quantitative estimate of drug-likeness (QED) is 0.378. The highest BCUT2D eigenvalue weighted by atomic mass is 16.4. The van der Waals surface area contributed by atoms with Gasteiger partial charge in [-0.05, 0) is 19.8 Å². The molecule has 0 aliphatic rings. The molecule has 0 aromatic rings. The molecule has 0 rings (SSSR count). The zero-order valence-electron chi connectivity index (χ0n) is 9.05. The van der Waals surface area contributed by atoms with Crippen LogP contribution in [0, 0.1) is 5.92 Å². The van der Waals surface area contributed by atoms with Crippen molar-refractivity contribution in [3.05, 3.63) is 0 Å². The molecule has 0 aromatic carbocycles. The molecule has 0 amide bonds. The molecule has 0 aliphatic heterocycles. The van der Waals surface area contributed by atoms with Crippen molar-refractivity contribution in [3.63, 3.8) is 0 Å². The molecule has 88 valence electrons. The molecule has 0 spiro atoms. The van der Waals surface area contributed by atoms with Gasteiger partial charge in [0.05, 0.1) is 18.5 Å². The maximum Gasteiger partial charge on any atom is 0.308 e. The zero-order valence-corrected chi connectivity index (χ0v) is 9.05. The number of unbranched alkanes of at least 4 members (excludes halogenated alkanes) is 1. The molecular formula is C10H14N2O4. The number of aliphatic carboxylic acids is 1. The van der Waals surface area contributed by atoms with E-state index in [9.17, 15) is 14.4 Å². The van der Waals surface area contributed by atoms with Crippen LogP contribution < -0.4 is 0 Å². The molecule has 16 heavy (non-hydrogen) atoms. The molecule has 2 atom stereocenters. The van der Waals surface area contributed by atoms with Crippen LogP contribution in [-0.4, -0.2) is 35.8 Å². The molecule has 0 saturated carbocycles. The van der Waals surface area contributed by atoms with Crippen LogP contribution in [0.15, 0.2) is 9.98 Å². The van der Waals surface area contributed by atoms with E-state index in [4.69, 9.17) is 5.11 Å². The summed E-state index contributed by atoms with van der Waals surface area (Å²) in [5, 5.41) is 8.90. The number of carboxylic acid groups (broad SMARTS) is 1. The van der Waals surface area contributed by atoms with Gasteiger partial charge < -0.3 is 5.11 Å². The number of aliphatic imine (C=N–C) groups is 2. The fourth-order valence-electron chi connectivity index (χ4n) is 1.34. The van der Waals surface area contributed by atoms with E-state index in [1.165, 1.54) is 12.2 Å². The summed E-state index contributed by atoms with van der Waals surface area (Å²) in [6.07, 6.45) is 4.40. The van der Waals surface area contributed by atoms with Gasteiger partial charge in [-0.3, -0.25) is 4.79 Å². The van der Waals surface area contributed by atoms with E-state index < -0.39 is 17.9 Å². The van der Waals surface area contributed by atoms with Crippen LogP contribution in [0.3, 0.4) is 0 Å². The van der Waals surface area contributed by atoms with Gasteiger partial charge in [-0.25, -0.2) is 19.6 Å². The Kier molecular flexibility index (Phi) is 7.59. The lowest BCUT2D eigenvalue weighted by molar-refractivity contribution is -0.142. The SMILES string of the molecule is CC(N=C=O)C(CCCCN=C=O)C(=O)O. The van der Waals surface area contributed by atoms with E-state index in [-0.39, 0.29) is 0 Å². The molecule has 6 heteroatoms. The maximum absolute atomic E-state index is 10.9. The van der Waals surface area contributed by atoms with Crippen molar-refractivity contribution in [1.29, 1.82) is 0 Å². The van der Waals surface area contributed by atoms with Gasteiger partial charge >= 0.3 is 5.97 Å². The van der Waals surface area contributed by atoms with E-state index in [0.29, 0.717) is 25.8 Å². The van der Waals surface area contributed by atoms with Crippen LogP contribution in [0.2, 0.25) is 0 Å². The third-order valence-corrected chi connectivity index (χ3v) is 2.26. The molecule has 1 N–H and O–H groups in total. The summed E-state index contributed by atoms with van der Waals surface area (Å²) < 4.78 is 0. The van der Waals surface area contributed by atoms with Crippen LogP contribution in [-0.2, 0) is 14.4 Å². The van der Waals surface area contributed by atoms with Crippen molar-refractivity contribution in [2.75, 3.05) is 6.54 Å². The third-order valence-electron chi connectivity index (χ3n) is 2.26. The Hall–Kier alpha value is -1.77. The number of nitrogens with zero attached hydrogens (tertiary/aromatic N) is 2. The van der Waals surface area contributed by atoms with E-state index in [0.717, 1.165) is 0 Å². The van der Waals surface area contributed by atoms with E-state index >= 15 is 0 Å². The minimum Gasteiger partial charge on any atom is -0.481 e. The van der Waals surface area contributed by atoms with E-state index in [2.05, 4.69) is 9.98 Å². The highest BCUT2D eigenvalue weighted by molar-refractivity contribution is 5.71. The second-order valence-electron chi connectivity index (χ2n) is 3.37. The molecule has 0 aromatic heterocycles. The van der Waals surface area contributed by atoms with Crippen LogP contribution in [0.5, 0.6) is 0 Å². The lowest BCUT2D eigenvalue weighted by atomic mass is 9.95. The zero-order chi connectivity index (χ0) is 12.4. The Morgan fingerprint density at radius 2 is 2.00 bits per heavy atom. The second kappa shape index (κ2) is 8.53. The van der Waals surface area contributed by atoms with E-state index in [1.807, 2.05) is 0 Å².